The molecule has 0 aliphatic heterocycles. The van der Waals surface area contributed by atoms with E-state index < -0.39 is 14.3 Å². The third kappa shape index (κ3) is 3.66. The lowest BCUT2D eigenvalue weighted by molar-refractivity contribution is 0.527. The first-order chi connectivity index (χ1) is 11.2. The maximum atomic E-state index is 14.1. The zero-order valence-electron chi connectivity index (χ0n) is 19.0. The molecule has 0 saturated heterocycles. The largest absolute Gasteiger partial charge is 0.318 e. The highest BCUT2D eigenvalue weighted by molar-refractivity contribution is 7.75. The van der Waals surface area contributed by atoms with Crippen LogP contribution in [-0.2, 0) is 9.13 Å². The van der Waals surface area contributed by atoms with E-state index in [0.717, 1.165) is 10.6 Å². The zero-order valence-corrected chi connectivity index (χ0v) is 20.8. The van der Waals surface area contributed by atoms with Gasteiger partial charge in [0.2, 0.25) is 0 Å². The number of benzene rings is 1. The van der Waals surface area contributed by atoms with E-state index in [1.807, 2.05) is 24.3 Å². The molecule has 150 valence electrons. The lowest BCUT2D eigenvalue weighted by Crippen LogP contribution is -2.37. The minimum Gasteiger partial charge on any atom is -0.318 e. The fraction of sp³-hybridized carbons (Fsp3) is 0.727. The number of hydrogen-bond acceptors (Lipinski definition) is 2. The van der Waals surface area contributed by atoms with Gasteiger partial charge in [-0.05, 0) is 0 Å². The average molecular weight is 399 g/mol. The summed E-state index contributed by atoms with van der Waals surface area (Å²) in [6.45, 7) is 24.7. The third-order valence-electron chi connectivity index (χ3n) is 5.36. The van der Waals surface area contributed by atoms with E-state index in [4.69, 9.17) is 0 Å². The fourth-order valence-electron chi connectivity index (χ4n) is 4.43. The van der Waals surface area contributed by atoms with E-state index in [2.05, 4.69) is 83.1 Å². The zero-order chi connectivity index (χ0) is 21.0. The molecule has 0 aromatic heterocycles. The maximum Gasteiger partial charge on any atom is 0.125 e. The van der Waals surface area contributed by atoms with Gasteiger partial charge in [0.15, 0.2) is 0 Å². The average Bonchev–Trinajstić information content (AvgIpc) is 2.40. The maximum absolute atomic E-state index is 14.1. The van der Waals surface area contributed by atoms with Gasteiger partial charge in [0.1, 0.15) is 14.3 Å². The first-order valence-electron chi connectivity index (χ1n) is 9.53. The van der Waals surface area contributed by atoms with Crippen molar-refractivity contribution in [3.8, 4) is 0 Å². The van der Waals surface area contributed by atoms with Crippen molar-refractivity contribution in [2.45, 2.75) is 104 Å². The van der Waals surface area contributed by atoms with Crippen molar-refractivity contribution in [2.24, 2.45) is 0 Å². The highest BCUT2D eigenvalue weighted by atomic mass is 31.2. The predicted octanol–water partition coefficient (Wildman–Crippen LogP) is 6.86. The summed E-state index contributed by atoms with van der Waals surface area (Å²) >= 11 is 0. The highest BCUT2D eigenvalue weighted by Crippen LogP contribution is 2.67. The van der Waals surface area contributed by atoms with Gasteiger partial charge in [0, 0.05) is 31.2 Å². The first kappa shape index (κ1) is 23.7. The van der Waals surface area contributed by atoms with Crippen molar-refractivity contribution < 1.29 is 9.13 Å². The Bertz CT molecular complexity index is 630. The molecule has 1 aromatic rings. The molecule has 1 aromatic carbocycles. The predicted molar refractivity (Wildman–Crippen MR) is 120 cm³/mol. The smallest absolute Gasteiger partial charge is 0.125 e. The van der Waals surface area contributed by atoms with Crippen molar-refractivity contribution in [1.29, 1.82) is 0 Å². The van der Waals surface area contributed by atoms with Gasteiger partial charge in [-0.15, -0.1) is 0 Å². The Labute approximate surface area is 162 Å². The van der Waals surface area contributed by atoms with Crippen LogP contribution in [0.25, 0.3) is 0 Å². The topological polar surface area (TPSA) is 34.1 Å². The number of rotatable bonds is 2. The van der Waals surface area contributed by atoms with Crippen LogP contribution in [0, 0.1) is 0 Å². The van der Waals surface area contributed by atoms with E-state index in [-0.39, 0.29) is 20.6 Å². The van der Waals surface area contributed by atoms with Crippen molar-refractivity contribution in [3.05, 3.63) is 24.3 Å². The van der Waals surface area contributed by atoms with Crippen molar-refractivity contribution in [1.82, 2.24) is 0 Å². The molecule has 0 spiro atoms. The summed E-state index contributed by atoms with van der Waals surface area (Å²) in [7, 11) is -5.37. The number of hydrogen-bond donors (Lipinski definition) is 0. The minimum absolute atomic E-state index is 0.329. The second kappa shape index (κ2) is 6.63. The van der Waals surface area contributed by atoms with Crippen LogP contribution in [0.3, 0.4) is 0 Å². The molecule has 0 atom stereocenters. The molecule has 0 bridgehead atoms. The molecule has 0 N–H and O–H groups in total. The van der Waals surface area contributed by atoms with Crippen LogP contribution in [0.4, 0.5) is 0 Å². The molecule has 26 heavy (non-hydrogen) atoms. The molecule has 4 heteroatoms. The first-order valence-corrected chi connectivity index (χ1v) is 12.9. The van der Waals surface area contributed by atoms with Gasteiger partial charge in [0.05, 0.1) is 0 Å². The molecule has 2 nitrogen and oxygen atoms in total. The van der Waals surface area contributed by atoms with Crippen molar-refractivity contribution >= 4 is 24.9 Å². The van der Waals surface area contributed by atoms with Crippen LogP contribution < -0.4 is 10.6 Å². The molecule has 1 rings (SSSR count). The molecule has 0 unspecified atom stereocenters. The summed E-state index contributed by atoms with van der Waals surface area (Å²) in [5.41, 5.74) is 0. The van der Waals surface area contributed by atoms with E-state index in [0.29, 0.717) is 0 Å². The van der Waals surface area contributed by atoms with Crippen LogP contribution in [0.5, 0.6) is 0 Å². The fourth-order valence-corrected chi connectivity index (χ4v) is 12.7. The summed E-state index contributed by atoms with van der Waals surface area (Å²) < 4.78 is 28.3. The third-order valence-corrected chi connectivity index (χ3v) is 15.0. The van der Waals surface area contributed by atoms with Crippen LogP contribution >= 0.6 is 14.3 Å². The van der Waals surface area contributed by atoms with E-state index in [1.165, 1.54) is 0 Å². The Kier molecular flexibility index (Phi) is 6.05. The molecule has 0 aliphatic rings. The second-order valence-corrected chi connectivity index (χ2v) is 20.3. The van der Waals surface area contributed by atoms with Gasteiger partial charge < -0.3 is 9.13 Å². The van der Waals surface area contributed by atoms with Gasteiger partial charge in [-0.25, -0.2) is 0 Å². The van der Waals surface area contributed by atoms with Crippen LogP contribution in [0.1, 0.15) is 83.1 Å². The normalized spacial score (nSPS) is 15.2. The van der Waals surface area contributed by atoms with Gasteiger partial charge >= 0.3 is 0 Å². The molecule has 0 amide bonds. The molecule has 0 radical (unpaired) electrons. The molecule has 0 heterocycles. The lowest BCUT2D eigenvalue weighted by Gasteiger charge is -2.43. The summed E-state index contributed by atoms with van der Waals surface area (Å²) in [6.07, 6.45) is 0. The molecular formula is C22H40O2P2. The second-order valence-electron chi connectivity index (χ2n) is 11.4. The molecule has 0 fully saturated rings. The Balaban J connectivity index is 3.67. The molecule has 0 aliphatic carbocycles. The van der Waals surface area contributed by atoms with Gasteiger partial charge in [-0.1, -0.05) is 107 Å². The summed E-state index contributed by atoms with van der Waals surface area (Å²) in [5, 5.41) is 0.454. The van der Waals surface area contributed by atoms with Gasteiger partial charge in [-0.2, -0.15) is 0 Å². The summed E-state index contributed by atoms with van der Waals surface area (Å²) in [4.78, 5) is 0. The van der Waals surface area contributed by atoms with E-state index >= 15 is 0 Å². The van der Waals surface area contributed by atoms with Crippen LogP contribution in [-0.4, -0.2) is 20.6 Å². The van der Waals surface area contributed by atoms with E-state index in [9.17, 15) is 9.13 Å². The van der Waals surface area contributed by atoms with Gasteiger partial charge in [-0.3, -0.25) is 0 Å². The van der Waals surface area contributed by atoms with E-state index in [1.54, 1.807) is 0 Å². The standard InChI is InChI=1S/C22H40O2P2/c1-19(2,3)25(23,20(4,5)6)17-13-15-18(16-14-17)26(24,21(7,8)9)22(10,11)12/h13-16H,1-12H3. The summed E-state index contributed by atoms with van der Waals surface area (Å²) in [5.74, 6) is 0. The Morgan fingerprint density at radius 1 is 0.462 bits per heavy atom. The summed E-state index contributed by atoms with van der Waals surface area (Å²) in [6, 6.07) is 7.88. The molecular weight excluding hydrogens is 358 g/mol. The van der Waals surface area contributed by atoms with Crippen LogP contribution in [0.2, 0.25) is 0 Å². The Morgan fingerprint density at radius 3 is 0.731 bits per heavy atom. The quantitative estimate of drug-likeness (QED) is 0.510. The van der Waals surface area contributed by atoms with Crippen LogP contribution in [0.15, 0.2) is 24.3 Å². The lowest BCUT2D eigenvalue weighted by atomic mass is 10.2. The Hall–Kier alpha value is -0.320. The van der Waals surface area contributed by atoms with Crippen molar-refractivity contribution in [2.75, 3.05) is 0 Å². The monoisotopic (exact) mass is 398 g/mol. The minimum atomic E-state index is -2.68. The SMILES string of the molecule is CC(C)(C)P(=O)(c1ccc(P(=O)(C(C)(C)C)C(C)(C)C)cc1)C(C)(C)C. The van der Waals surface area contributed by atoms with Crippen molar-refractivity contribution in [3.63, 3.8) is 0 Å². The highest BCUT2D eigenvalue weighted by Gasteiger charge is 2.49. The van der Waals surface area contributed by atoms with Gasteiger partial charge in [0.25, 0.3) is 0 Å². The molecule has 0 saturated carbocycles. The Morgan fingerprint density at radius 2 is 0.615 bits per heavy atom.